The van der Waals surface area contributed by atoms with Gasteiger partial charge in [-0.3, -0.25) is 9.59 Å². The van der Waals surface area contributed by atoms with Gasteiger partial charge >= 0.3 is 0 Å². The molecule has 3 rings (SSSR count). The minimum absolute atomic E-state index is 0.00861. The van der Waals surface area contributed by atoms with Gasteiger partial charge in [0.15, 0.2) is 5.78 Å². The lowest BCUT2D eigenvalue weighted by Crippen LogP contribution is -2.23. The molecule has 1 heterocycles. The lowest BCUT2D eigenvalue weighted by molar-refractivity contribution is -0.117. The average Bonchev–Trinajstić information content (AvgIpc) is 2.94. The molecular formula is C18H17NO2. The van der Waals surface area contributed by atoms with Crippen molar-refractivity contribution in [3.05, 3.63) is 65.2 Å². The van der Waals surface area contributed by atoms with Crippen molar-refractivity contribution < 1.29 is 9.59 Å². The lowest BCUT2D eigenvalue weighted by Gasteiger charge is -2.15. The normalized spacial score (nSPS) is 14.5. The summed E-state index contributed by atoms with van der Waals surface area (Å²) in [6, 6.07) is 14.8. The van der Waals surface area contributed by atoms with Crippen molar-refractivity contribution in [3.63, 3.8) is 0 Å². The van der Waals surface area contributed by atoms with Crippen LogP contribution in [0.1, 0.15) is 34.3 Å². The number of hydrogen-bond donors (Lipinski definition) is 0. The molecule has 0 N–H and O–H groups in total. The number of aryl methyl sites for hydroxylation is 1. The second-order valence-electron chi connectivity index (χ2n) is 5.39. The first-order valence-electron chi connectivity index (χ1n) is 7.17. The zero-order chi connectivity index (χ0) is 14.8. The molecule has 0 spiro atoms. The molecule has 2 aromatic rings. The van der Waals surface area contributed by atoms with E-state index in [2.05, 4.69) is 0 Å². The lowest BCUT2D eigenvalue weighted by atomic mass is 10.0. The first kappa shape index (κ1) is 13.6. The van der Waals surface area contributed by atoms with Gasteiger partial charge in [0.05, 0.1) is 0 Å². The summed E-state index contributed by atoms with van der Waals surface area (Å²) in [5.41, 5.74) is 3.34. The molecule has 21 heavy (non-hydrogen) atoms. The number of hydrogen-bond acceptors (Lipinski definition) is 2. The Morgan fingerprint density at radius 1 is 0.952 bits per heavy atom. The number of carbonyl (C=O) groups is 2. The van der Waals surface area contributed by atoms with E-state index in [1.807, 2.05) is 43.3 Å². The zero-order valence-corrected chi connectivity index (χ0v) is 12.0. The molecule has 2 aromatic carbocycles. The van der Waals surface area contributed by atoms with Gasteiger partial charge in [-0.1, -0.05) is 29.8 Å². The first-order chi connectivity index (χ1) is 10.1. The SMILES string of the molecule is Cc1ccc(C(=O)c2ccc(N3CCCC3=O)cc2)cc1. The molecule has 0 bridgehead atoms. The number of ketones is 1. The Kier molecular flexibility index (Phi) is 3.57. The molecule has 1 fully saturated rings. The third-order valence-electron chi connectivity index (χ3n) is 3.83. The van der Waals surface area contributed by atoms with Crippen molar-refractivity contribution in [1.29, 1.82) is 0 Å². The molecule has 0 radical (unpaired) electrons. The van der Waals surface area contributed by atoms with Crippen LogP contribution in [0.2, 0.25) is 0 Å². The highest BCUT2D eigenvalue weighted by Gasteiger charge is 2.21. The Labute approximate surface area is 124 Å². The van der Waals surface area contributed by atoms with Gasteiger partial charge in [0.2, 0.25) is 5.91 Å². The number of benzene rings is 2. The predicted octanol–water partition coefficient (Wildman–Crippen LogP) is 3.35. The Morgan fingerprint density at radius 2 is 1.52 bits per heavy atom. The van der Waals surface area contributed by atoms with Crippen LogP contribution in [-0.2, 0) is 4.79 Å². The van der Waals surface area contributed by atoms with Gasteiger partial charge in [-0.15, -0.1) is 0 Å². The van der Waals surface area contributed by atoms with Gasteiger partial charge in [-0.25, -0.2) is 0 Å². The summed E-state index contributed by atoms with van der Waals surface area (Å²) in [5, 5.41) is 0. The summed E-state index contributed by atoms with van der Waals surface area (Å²) in [6.07, 6.45) is 1.52. The third kappa shape index (κ3) is 2.72. The Hall–Kier alpha value is -2.42. The van der Waals surface area contributed by atoms with Gasteiger partial charge in [0, 0.05) is 29.8 Å². The standard InChI is InChI=1S/C18H17NO2/c1-13-4-6-14(7-5-13)18(21)15-8-10-16(11-9-15)19-12-2-3-17(19)20/h4-11H,2-3,12H2,1H3. The van der Waals surface area contributed by atoms with Crippen LogP contribution >= 0.6 is 0 Å². The fourth-order valence-electron chi connectivity index (χ4n) is 2.59. The zero-order valence-electron chi connectivity index (χ0n) is 12.0. The van der Waals surface area contributed by atoms with Crippen molar-refractivity contribution in [3.8, 4) is 0 Å². The Balaban J connectivity index is 1.82. The van der Waals surface area contributed by atoms with E-state index in [1.165, 1.54) is 0 Å². The van der Waals surface area contributed by atoms with Crippen molar-refractivity contribution in [1.82, 2.24) is 0 Å². The third-order valence-corrected chi connectivity index (χ3v) is 3.83. The fraction of sp³-hybridized carbons (Fsp3) is 0.222. The minimum Gasteiger partial charge on any atom is -0.312 e. The van der Waals surface area contributed by atoms with Crippen LogP contribution in [0.3, 0.4) is 0 Å². The van der Waals surface area contributed by atoms with E-state index in [9.17, 15) is 9.59 Å². The van der Waals surface area contributed by atoms with Crippen LogP contribution in [0.4, 0.5) is 5.69 Å². The molecule has 0 unspecified atom stereocenters. The van der Waals surface area contributed by atoms with E-state index in [0.717, 1.165) is 24.2 Å². The largest absolute Gasteiger partial charge is 0.312 e. The average molecular weight is 279 g/mol. The van der Waals surface area contributed by atoms with Crippen molar-refractivity contribution in [2.45, 2.75) is 19.8 Å². The Bertz CT molecular complexity index is 671. The van der Waals surface area contributed by atoms with Gasteiger partial charge in [0.25, 0.3) is 0 Å². The molecule has 1 aliphatic heterocycles. The number of amides is 1. The molecule has 1 amide bonds. The van der Waals surface area contributed by atoms with Crippen molar-refractivity contribution >= 4 is 17.4 Å². The van der Waals surface area contributed by atoms with Crippen LogP contribution in [0.25, 0.3) is 0 Å². The number of anilines is 1. The van der Waals surface area contributed by atoms with Crippen LogP contribution in [0, 0.1) is 6.92 Å². The van der Waals surface area contributed by atoms with Crippen LogP contribution < -0.4 is 4.90 Å². The molecule has 1 saturated heterocycles. The van der Waals surface area contributed by atoms with E-state index >= 15 is 0 Å². The minimum atomic E-state index is 0.00861. The monoisotopic (exact) mass is 279 g/mol. The highest BCUT2D eigenvalue weighted by Crippen LogP contribution is 2.22. The molecule has 106 valence electrons. The molecule has 0 atom stereocenters. The van der Waals surface area contributed by atoms with Gasteiger partial charge in [-0.2, -0.15) is 0 Å². The maximum Gasteiger partial charge on any atom is 0.227 e. The number of rotatable bonds is 3. The maximum absolute atomic E-state index is 12.4. The van der Waals surface area contributed by atoms with Gasteiger partial charge < -0.3 is 4.90 Å². The molecule has 0 saturated carbocycles. The fourth-order valence-corrected chi connectivity index (χ4v) is 2.59. The van der Waals surface area contributed by atoms with Crippen molar-refractivity contribution in [2.75, 3.05) is 11.4 Å². The summed E-state index contributed by atoms with van der Waals surface area (Å²) >= 11 is 0. The highest BCUT2D eigenvalue weighted by atomic mass is 16.2. The molecule has 0 aliphatic carbocycles. The summed E-state index contributed by atoms with van der Waals surface area (Å²) in [5.74, 6) is 0.168. The number of carbonyl (C=O) groups excluding carboxylic acids is 2. The van der Waals surface area contributed by atoms with E-state index < -0.39 is 0 Å². The van der Waals surface area contributed by atoms with E-state index in [0.29, 0.717) is 17.5 Å². The summed E-state index contributed by atoms with van der Waals surface area (Å²) in [7, 11) is 0. The number of nitrogens with zero attached hydrogens (tertiary/aromatic N) is 1. The molecule has 0 aromatic heterocycles. The molecule has 3 heteroatoms. The van der Waals surface area contributed by atoms with Crippen LogP contribution in [-0.4, -0.2) is 18.2 Å². The topological polar surface area (TPSA) is 37.4 Å². The predicted molar refractivity (Wildman–Crippen MR) is 82.6 cm³/mol. The second-order valence-corrected chi connectivity index (χ2v) is 5.39. The summed E-state index contributed by atoms with van der Waals surface area (Å²) in [4.78, 5) is 25.9. The van der Waals surface area contributed by atoms with E-state index in [1.54, 1.807) is 17.0 Å². The quantitative estimate of drug-likeness (QED) is 0.808. The van der Waals surface area contributed by atoms with Gasteiger partial charge in [-0.05, 0) is 37.6 Å². The smallest absolute Gasteiger partial charge is 0.227 e. The Morgan fingerprint density at radius 3 is 2.05 bits per heavy atom. The van der Waals surface area contributed by atoms with E-state index in [-0.39, 0.29) is 11.7 Å². The first-order valence-corrected chi connectivity index (χ1v) is 7.17. The summed E-state index contributed by atoms with van der Waals surface area (Å²) < 4.78 is 0. The summed E-state index contributed by atoms with van der Waals surface area (Å²) in [6.45, 7) is 2.76. The second kappa shape index (κ2) is 5.52. The highest BCUT2D eigenvalue weighted by molar-refractivity contribution is 6.09. The molecular weight excluding hydrogens is 262 g/mol. The molecule has 3 nitrogen and oxygen atoms in total. The van der Waals surface area contributed by atoms with Crippen molar-refractivity contribution in [2.24, 2.45) is 0 Å². The molecule has 1 aliphatic rings. The van der Waals surface area contributed by atoms with E-state index in [4.69, 9.17) is 0 Å². The van der Waals surface area contributed by atoms with Crippen LogP contribution in [0.5, 0.6) is 0 Å². The maximum atomic E-state index is 12.4. The van der Waals surface area contributed by atoms with Gasteiger partial charge in [0.1, 0.15) is 0 Å². The van der Waals surface area contributed by atoms with Crippen LogP contribution in [0.15, 0.2) is 48.5 Å².